The largest absolute Gasteiger partial charge is 0.359 e. The van der Waals surface area contributed by atoms with E-state index < -0.39 is 5.91 Å². The predicted octanol–water partition coefficient (Wildman–Crippen LogP) is 5.09. The van der Waals surface area contributed by atoms with E-state index in [1.54, 1.807) is 0 Å². The number of nitriles is 1. The molecule has 0 unspecified atom stereocenters. The lowest BCUT2D eigenvalue weighted by Crippen LogP contribution is -2.16. The molecule has 0 spiro atoms. The van der Waals surface area contributed by atoms with Crippen LogP contribution in [0.15, 0.2) is 52.6 Å². The molecule has 0 saturated heterocycles. The summed E-state index contributed by atoms with van der Waals surface area (Å²) in [5.41, 5.74) is 4.70. The fourth-order valence-electron chi connectivity index (χ4n) is 2.42. The number of anilines is 2. The number of hydrogen-bond donors (Lipinski definition) is 2. The van der Waals surface area contributed by atoms with E-state index >= 15 is 0 Å². The van der Waals surface area contributed by atoms with Crippen molar-refractivity contribution in [1.29, 1.82) is 5.26 Å². The lowest BCUT2D eigenvalue weighted by molar-refractivity contribution is -0.112. The molecule has 0 aliphatic rings. The summed E-state index contributed by atoms with van der Waals surface area (Å²) in [4.78, 5) is 12.5. The molecule has 0 fully saturated rings. The van der Waals surface area contributed by atoms with E-state index in [9.17, 15) is 10.1 Å². The topological polar surface area (TPSA) is 64.9 Å². The van der Waals surface area contributed by atoms with Crippen molar-refractivity contribution in [3.05, 3.63) is 69.3 Å². The minimum Gasteiger partial charge on any atom is -0.359 e. The highest BCUT2D eigenvalue weighted by Crippen LogP contribution is 2.24. The van der Waals surface area contributed by atoms with Crippen LogP contribution in [0.3, 0.4) is 0 Å². The zero-order chi connectivity index (χ0) is 18.4. The van der Waals surface area contributed by atoms with Gasteiger partial charge in [-0.2, -0.15) is 5.26 Å². The fourth-order valence-corrected chi connectivity index (χ4v) is 3.03. The van der Waals surface area contributed by atoms with E-state index in [4.69, 9.17) is 0 Å². The summed E-state index contributed by atoms with van der Waals surface area (Å²) in [5, 5.41) is 15.2. The van der Waals surface area contributed by atoms with E-state index in [1.807, 2.05) is 63.2 Å². The third-order valence-corrected chi connectivity index (χ3v) is 4.50. The summed E-state index contributed by atoms with van der Waals surface area (Å²) in [6, 6.07) is 13.6. The first-order valence-corrected chi connectivity index (χ1v) is 8.78. The molecular weight excluding hydrogens is 378 g/mol. The molecule has 0 radical (unpaired) electrons. The number of benzene rings is 2. The molecule has 128 valence electrons. The van der Waals surface area contributed by atoms with Crippen molar-refractivity contribution in [3.63, 3.8) is 0 Å². The number of carbonyl (C=O) groups is 1. The third-order valence-electron chi connectivity index (χ3n) is 3.84. The van der Waals surface area contributed by atoms with Crippen LogP contribution in [0.5, 0.6) is 0 Å². The van der Waals surface area contributed by atoms with Crippen molar-refractivity contribution in [1.82, 2.24) is 0 Å². The van der Waals surface area contributed by atoms with Crippen molar-refractivity contribution in [2.45, 2.75) is 27.2 Å². The van der Waals surface area contributed by atoms with Crippen LogP contribution in [0.1, 0.15) is 23.6 Å². The second-order valence-electron chi connectivity index (χ2n) is 5.71. The predicted molar refractivity (Wildman–Crippen MR) is 105 cm³/mol. The SMILES string of the molecule is CCc1cccc(C)c1NC(=O)/C(C#N)=C\Nc1ccc(C)cc1Br. The molecule has 2 rings (SSSR count). The van der Waals surface area contributed by atoms with Gasteiger partial charge in [-0.25, -0.2) is 0 Å². The first-order valence-electron chi connectivity index (χ1n) is 7.99. The molecule has 25 heavy (non-hydrogen) atoms. The first kappa shape index (κ1) is 18.8. The van der Waals surface area contributed by atoms with Crippen LogP contribution in [0.25, 0.3) is 0 Å². The number of para-hydroxylation sites is 1. The van der Waals surface area contributed by atoms with E-state index in [2.05, 4.69) is 26.6 Å². The second kappa shape index (κ2) is 8.50. The molecule has 0 atom stereocenters. The molecule has 0 aromatic heterocycles. The van der Waals surface area contributed by atoms with Gasteiger partial charge in [0.15, 0.2) is 0 Å². The van der Waals surface area contributed by atoms with Crippen molar-refractivity contribution in [3.8, 4) is 6.07 Å². The number of nitrogens with one attached hydrogen (secondary N) is 2. The van der Waals surface area contributed by atoms with Gasteiger partial charge in [-0.3, -0.25) is 4.79 Å². The van der Waals surface area contributed by atoms with Gasteiger partial charge in [-0.15, -0.1) is 0 Å². The Balaban J connectivity index is 2.20. The average Bonchev–Trinajstić information content (AvgIpc) is 2.58. The molecule has 4 nitrogen and oxygen atoms in total. The average molecular weight is 398 g/mol. The second-order valence-corrected chi connectivity index (χ2v) is 6.57. The quantitative estimate of drug-likeness (QED) is 0.545. The lowest BCUT2D eigenvalue weighted by Gasteiger charge is -2.12. The van der Waals surface area contributed by atoms with Crippen LogP contribution in [-0.2, 0) is 11.2 Å². The molecule has 2 aromatic rings. The molecule has 0 heterocycles. The van der Waals surface area contributed by atoms with E-state index in [-0.39, 0.29) is 5.57 Å². The third kappa shape index (κ3) is 4.71. The Morgan fingerprint density at radius 1 is 1.28 bits per heavy atom. The van der Waals surface area contributed by atoms with Gasteiger partial charge in [-0.1, -0.05) is 31.2 Å². The number of nitrogens with zero attached hydrogens (tertiary/aromatic N) is 1. The zero-order valence-corrected chi connectivity index (χ0v) is 16.1. The molecule has 2 aromatic carbocycles. The van der Waals surface area contributed by atoms with Crippen LogP contribution < -0.4 is 10.6 Å². The lowest BCUT2D eigenvalue weighted by atomic mass is 10.1. The number of hydrogen-bond acceptors (Lipinski definition) is 3. The Bertz CT molecular complexity index is 866. The van der Waals surface area contributed by atoms with Crippen LogP contribution in [0.4, 0.5) is 11.4 Å². The summed E-state index contributed by atoms with van der Waals surface area (Å²) in [7, 11) is 0. The minimum absolute atomic E-state index is 0.0118. The number of rotatable bonds is 5. The molecule has 2 N–H and O–H groups in total. The number of aryl methyl sites for hydroxylation is 3. The Hall–Kier alpha value is -2.58. The van der Waals surface area contributed by atoms with Crippen molar-refractivity contribution >= 4 is 33.2 Å². The van der Waals surface area contributed by atoms with Gasteiger partial charge < -0.3 is 10.6 Å². The Labute approximate surface area is 156 Å². The Morgan fingerprint density at radius 3 is 2.68 bits per heavy atom. The highest BCUT2D eigenvalue weighted by Gasteiger charge is 2.13. The number of carbonyl (C=O) groups excluding carboxylic acids is 1. The van der Waals surface area contributed by atoms with Crippen molar-refractivity contribution in [2.75, 3.05) is 10.6 Å². The first-order chi connectivity index (χ1) is 12.0. The number of amides is 1. The Morgan fingerprint density at radius 2 is 2.04 bits per heavy atom. The standard InChI is InChI=1S/C20H20BrN3O/c1-4-15-7-5-6-14(3)19(15)24-20(25)16(11-22)12-23-18-9-8-13(2)10-17(18)21/h5-10,12,23H,4H2,1-3H3,(H,24,25)/b16-12-. The highest BCUT2D eigenvalue weighted by molar-refractivity contribution is 9.10. The van der Waals surface area contributed by atoms with Crippen LogP contribution in [0.2, 0.25) is 0 Å². The Kier molecular flexibility index (Phi) is 6.37. The summed E-state index contributed by atoms with van der Waals surface area (Å²) in [6.07, 6.45) is 2.23. The summed E-state index contributed by atoms with van der Waals surface area (Å²) in [5.74, 6) is -0.428. The molecule has 0 aliphatic carbocycles. The van der Waals surface area contributed by atoms with Gasteiger partial charge in [0, 0.05) is 16.4 Å². The maximum atomic E-state index is 12.5. The normalized spacial score (nSPS) is 10.9. The number of halogens is 1. The van der Waals surface area contributed by atoms with Gasteiger partial charge in [0.1, 0.15) is 11.6 Å². The van der Waals surface area contributed by atoms with E-state index in [0.29, 0.717) is 0 Å². The maximum absolute atomic E-state index is 12.5. The highest BCUT2D eigenvalue weighted by atomic mass is 79.9. The summed E-state index contributed by atoms with van der Waals surface area (Å²) >= 11 is 3.46. The molecule has 1 amide bonds. The fraction of sp³-hybridized carbons (Fsp3) is 0.200. The smallest absolute Gasteiger partial charge is 0.267 e. The minimum atomic E-state index is -0.428. The zero-order valence-electron chi connectivity index (χ0n) is 14.5. The molecule has 0 aliphatic heterocycles. The molecule has 0 saturated carbocycles. The van der Waals surface area contributed by atoms with E-state index in [0.717, 1.165) is 39.0 Å². The molecular formula is C20H20BrN3O. The molecule has 5 heteroatoms. The summed E-state index contributed by atoms with van der Waals surface area (Å²) < 4.78 is 0.869. The molecule has 0 bridgehead atoms. The van der Waals surface area contributed by atoms with Gasteiger partial charge in [0.05, 0.1) is 5.69 Å². The van der Waals surface area contributed by atoms with Gasteiger partial charge in [-0.05, 0) is 65.0 Å². The maximum Gasteiger partial charge on any atom is 0.267 e. The van der Waals surface area contributed by atoms with Gasteiger partial charge >= 0.3 is 0 Å². The van der Waals surface area contributed by atoms with Crippen LogP contribution in [-0.4, -0.2) is 5.91 Å². The van der Waals surface area contributed by atoms with E-state index in [1.165, 1.54) is 6.20 Å². The van der Waals surface area contributed by atoms with Gasteiger partial charge in [0.25, 0.3) is 5.91 Å². The van der Waals surface area contributed by atoms with Crippen molar-refractivity contribution < 1.29 is 4.79 Å². The van der Waals surface area contributed by atoms with Crippen molar-refractivity contribution in [2.24, 2.45) is 0 Å². The monoisotopic (exact) mass is 397 g/mol. The summed E-state index contributed by atoms with van der Waals surface area (Å²) in [6.45, 7) is 5.96. The van der Waals surface area contributed by atoms with Crippen LogP contribution in [0, 0.1) is 25.2 Å². The van der Waals surface area contributed by atoms with Gasteiger partial charge in [0.2, 0.25) is 0 Å². The van der Waals surface area contributed by atoms with Crippen LogP contribution >= 0.6 is 15.9 Å².